The van der Waals surface area contributed by atoms with Crippen LogP contribution in [0.1, 0.15) is 18.4 Å². The Labute approximate surface area is 145 Å². The number of β-amino-alcohol motifs (C(OH)–C–C–N with tert-alkyl or cyclic N) is 1. The first-order valence-corrected chi connectivity index (χ1v) is 8.07. The Bertz CT molecular complexity index is 594. The topological polar surface area (TPSA) is 125 Å². The Hall–Kier alpha value is -2.23. The summed E-state index contributed by atoms with van der Waals surface area (Å²) >= 11 is 0. The molecule has 1 aliphatic heterocycles. The summed E-state index contributed by atoms with van der Waals surface area (Å²) in [4.78, 5) is 23.4. The van der Waals surface area contributed by atoms with E-state index in [-0.39, 0.29) is 18.3 Å². The van der Waals surface area contributed by atoms with Crippen LogP contribution in [-0.4, -0.2) is 64.5 Å². The molecule has 0 unspecified atom stereocenters. The first-order chi connectivity index (χ1) is 11.9. The first-order valence-electron chi connectivity index (χ1n) is 8.07. The number of carbonyl (C=O) groups is 1. The zero-order valence-corrected chi connectivity index (χ0v) is 14.0. The van der Waals surface area contributed by atoms with Gasteiger partial charge < -0.3 is 25.2 Å². The van der Waals surface area contributed by atoms with E-state index in [9.17, 15) is 25.1 Å². The fourth-order valence-electron chi connectivity index (χ4n) is 2.63. The molecule has 0 saturated carbocycles. The van der Waals surface area contributed by atoms with E-state index in [0.717, 1.165) is 0 Å². The predicted octanol–water partition coefficient (Wildman–Crippen LogP) is 0.637. The molecule has 1 aliphatic rings. The fraction of sp³-hybridized carbons (Fsp3) is 0.562. The number of hydrogen-bond donors (Lipinski definition) is 3. The van der Waals surface area contributed by atoms with E-state index < -0.39 is 23.2 Å². The van der Waals surface area contributed by atoms with Crippen LogP contribution >= 0.6 is 0 Å². The lowest BCUT2D eigenvalue weighted by molar-refractivity contribution is -0.384. The minimum Gasteiger partial charge on any atom is -0.445 e. The van der Waals surface area contributed by atoms with Crippen LogP contribution in [0.15, 0.2) is 24.3 Å². The Morgan fingerprint density at radius 2 is 2.16 bits per heavy atom. The highest BCUT2D eigenvalue weighted by molar-refractivity contribution is 5.67. The molecule has 9 heteroatoms. The van der Waals surface area contributed by atoms with Crippen LogP contribution in [0.3, 0.4) is 0 Å². The molecule has 0 radical (unpaired) electrons. The van der Waals surface area contributed by atoms with E-state index in [1.807, 2.05) is 0 Å². The summed E-state index contributed by atoms with van der Waals surface area (Å²) in [5.41, 5.74) is 0.628. The molecule has 138 valence electrons. The number of ether oxygens (including phenoxy) is 1. The molecule has 1 saturated heterocycles. The molecule has 0 bridgehead atoms. The monoisotopic (exact) mass is 353 g/mol. The minimum atomic E-state index is -0.651. The quantitative estimate of drug-likeness (QED) is 0.485. The highest BCUT2D eigenvalue weighted by atomic mass is 16.6. The molecule has 25 heavy (non-hydrogen) atoms. The first kappa shape index (κ1) is 19.1. The van der Waals surface area contributed by atoms with Crippen molar-refractivity contribution in [2.45, 2.75) is 37.7 Å². The van der Waals surface area contributed by atoms with Crippen molar-refractivity contribution in [1.82, 2.24) is 10.2 Å². The molecular formula is C16H23N3O6. The van der Waals surface area contributed by atoms with Crippen molar-refractivity contribution in [2.24, 2.45) is 0 Å². The van der Waals surface area contributed by atoms with Gasteiger partial charge in [-0.2, -0.15) is 0 Å². The molecule has 1 aromatic rings. The van der Waals surface area contributed by atoms with Gasteiger partial charge in [0.15, 0.2) is 0 Å². The number of amides is 1. The van der Waals surface area contributed by atoms with Gasteiger partial charge in [-0.25, -0.2) is 4.79 Å². The summed E-state index contributed by atoms with van der Waals surface area (Å²) in [7, 11) is 1.57. The molecule has 9 nitrogen and oxygen atoms in total. The maximum Gasteiger partial charge on any atom is 0.409 e. The second kappa shape index (κ2) is 8.75. The molecular weight excluding hydrogens is 330 g/mol. The van der Waals surface area contributed by atoms with E-state index in [0.29, 0.717) is 31.5 Å². The van der Waals surface area contributed by atoms with Gasteiger partial charge >= 0.3 is 6.09 Å². The Kier molecular flexibility index (Phi) is 6.68. The molecule has 0 aromatic heterocycles. The van der Waals surface area contributed by atoms with Crippen molar-refractivity contribution in [3.8, 4) is 0 Å². The van der Waals surface area contributed by atoms with Crippen LogP contribution in [-0.2, 0) is 11.3 Å². The summed E-state index contributed by atoms with van der Waals surface area (Å²) < 4.78 is 5.14. The van der Waals surface area contributed by atoms with E-state index in [1.165, 1.54) is 29.2 Å². The van der Waals surface area contributed by atoms with Gasteiger partial charge in [-0.1, -0.05) is 0 Å². The number of hydrogen-bond acceptors (Lipinski definition) is 7. The third-order valence-electron chi connectivity index (χ3n) is 4.19. The maximum atomic E-state index is 11.9. The summed E-state index contributed by atoms with van der Waals surface area (Å²) in [5.74, 6) is 0. The van der Waals surface area contributed by atoms with Crippen LogP contribution < -0.4 is 5.32 Å². The minimum absolute atomic E-state index is 0.0140. The number of nitro benzene ring substituents is 1. The average molecular weight is 353 g/mol. The summed E-state index contributed by atoms with van der Waals surface area (Å²) in [6, 6.07) is 5.61. The number of non-ortho nitro benzene ring substituents is 1. The lowest BCUT2D eigenvalue weighted by Gasteiger charge is -2.22. The fourth-order valence-corrected chi connectivity index (χ4v) is 2.63. The molecule has 2 rings (SSSR count). The SMILES string of the molecule is CN(CC[C@H](O)[C@@H]1C[C@@H](O)CN1)C(=O)OCc1ccc([N+](=O)[O-])cc1. The Balaban J connectivity index is 1.71. The summed E-state index contributed by atoms with van der Waals surface area (Å²) in [5, 5.41) is 33.1. The van der Waals surface area contributed by atoms with E-state index >= 15 is 0 Å². The number of nitro groups is 1. The van der Waals surface area contributed by atoms with Crippen LogP contribution in [0.4, 0.5) is 10.5 Å². The number of aliphatic hydroxyl groups excluding tert-OH is 2. The molecule has 1 fully saturated rings. The van der Waals surface area contributed by atoms with Gasteiger partial charge in [-0.3, -0.25) is 10.1 Å². The molecule has 1 heterocycles. The number of nitrogens with one attached hydrogen (secondary N) is 1. The van der Waals surface area contributed by atoms with Crippen molar-refractivity contribution in [1.29, 1.82) is 0 Å². The second-order valence-corrected chi connectivity index (χ2v) is 6.16. The molecule has 3 N–H and O–H groups in total. The molecule has 1 amide bonds. The number of benzene rings is 1. The Morgan fingerprint density at radius 1 is 1.48 bits per heavy atom. The van der Waals surface area contributed by atoms with E-state index in [4.69, 9.17) is 4.74 Å². The molecule has 1 aromatic carbocycles. The smallest absolute Gasteiger partial charge is 0.409 e. The van der Waals surface area contributed by atoms with Gasteiger partial charge in [-0.15, -0.1) is 0 Å². The zero-order chi connectivity index (χ0) is 18.4. The van der Waals surface area contributed by atoms with Gasteiger partial charge in [0.1, 0.15) is 6.61 Å². The van der Waals surface area contributed by atoms with Crippen LogP contribution in [0.25, 0.3) is 0 Å². The molecule has 0 aliphatic carbocycles. The maximum absolute atomic E-state index is 11.9. The number of rotatable bonds is 7. The van der Waals surface area contributed by atoms with Crippen LogP contribution in [0.5, 0.6) is 0 Å². The number of carbonyl (C=O) groups excluding carboxylic acids is 1. The lowest BCUT2D eigenvalue weighted by atomic mass is 10.1. The standard InChI is InChI=1S/C16H23N3O6/c1-18(7-6-15(21)14-8-13(20)9-17-14)16(22)25-10-11-2-4-12(5-3-11)19(23)24/h2-5,13-15,17,20-21H,6-10H2,1H3/t13-,14+,15+/m1/s1. The second-order valence-electron chi connectivity index (χ2n) is 6.16. The van der Waals surface area contributed by atoms with Crippen molar-refractivity contribution in [3.63, 3.8) is 0 Å². The largest absolute Gasteiger partial charge is 0.445 e. The van der Waals surface area contributed by atoms with Gasteiger partial charge in [0.2, 0.25) is 0 Å². The predicted molar refractivity (Wildman–Crippen MR) is 88.9 cm³/mol. The van der Waals surface area contributed by atoms with Crippen molar-refractivity contribution < 1.29 is 24.7 Å². The van der Waals surface area contributed by atoms with Crippen LogP contribution in [0.2, 0.25) is 0 Å². The third kappa shape index (κ3) is 5.66. The van der Waals surface area contributed by atoms with Crippen LogP contribution in [0, 0.1) is 10.1 Å². The molecule has 3 atom stereocenters. The van der Waals surface area contributed by atoms with Crippen molar-refractivity contribution in [2.75, 3.05) is 20.1 Å². The Morgan fingerprint density at radius 3 is 2.72 bits per heavy atom. The number of aliphatic hydroxyl groups is 2. The zero-order valence-electron chi connectivity index (χ0n) is 14.0. The highest BCUT2D eigenvalue weighted by Crippen LogP contribution is 2.14. The molecule has 0 spiro atoms. The van der Waals surface area contributed by atoms with Gasteiger partial charge in [-0.05, 0) is 30.5 Å². The summed E-state index contributed by atoms with van der Waals surface area (Å²) in [6.45, 7) is 0.795. The highest BCUT2D eigenvalue weighted by Gasteiger charge is 2.28. The van der Waals surface area contributed by atoms with Crippen molar-refractivity contribution in [3.05, 3.63) is 39.9 Å². The van der Waals surface area contributed by atoms with Gasteiger partial charge in [0.25, 0.3) is 5.69 Å². The number of nitrogens with zero attached hydrogens (tertiary/aromatic N) is 2. The third-order valence-corrected chi connectivity index (χ3v) is 4.19. The average Bonchev–Trinajstić information content (AvgIpc) is 3.04. The van der Waals surface area contributed by atoms with E-state index in [2.05, 4.69) is 5.32 Å². The lowest BCUT2D eigenvalue weighted by Crippen LogP contribution is -2.38. The van der Waals surface area contributed by atoms with Crippen molar-refractivity contribution >= 4 is 11.8 Å². The normalized spacial score (nSPS) is 20.9. The van der Waals surface area contributed by atoms with E-state index in [1.54, 1.807) is 7.05 Å². The van der Waals surface area contributed by atoms with Gasteiger partial charge in [0.05, 0.1) is 17.1 Å². The van der Waals surface area contributed by atoms with Gasteiger partial charge in [0, 0.05) is 38.3 Å². The summed E-state index contributed by atoms with van der Waals surface area (Å²) in [6.07, 6.45) is -0.765.